The van der Waals surface area contributed by atoms with Crippen LogP contribution < -0.4 is 0 Å². The average Bonchev–Trinajstić information content (AvgIpc) is 2.70. The number of alkyl halides is 1. The zero-order chi connectivity index (χ0) is 9.10. The largest absolute Gasteiger partial charge is 0.445 e. The molecular weight excluding hydrogens is 190 g/mol. The fourth-order valence-electron chi connectivity index (χ4n) is 1.47. The number of aryl methyl sites for hydroxylation is 1. The van der Waals surface area contributed by atoms with Crippen LogP contribution in [0.2, 0.25) is 0 Å². The van der Waals surface area contributed by atoms with Gasteiger partial charge in [-0.25, -0.2) is 4.98 Å². The van der Waals surface area contributed by atoms with E-state index in [9.17, 15) is 0 Å². The Morgan fingerprint density at radius 1 is 1.62 bits per heavy atom. The van der Waals surface area contributed by atoms with Crippen LogP contribution in [0.1, 0.15) is 24.0 Å². The second-order valence-corrected chi connectivity index (χ2v) is 3.53. The van der Waals surface area contributed by atoms with Gasteiger partial charge in [0.2, 0.25) is 0 Å². The number of oxazole rings is 1. The number of rotatable bonds is 3. The van der Waals surface area contributed by atoms with Crippen molar-refractivity contribution in [3.8, 4) is 0 Å². The number of ether oxygens (including phenoxy) is 1. The first-order chi connectivity index (χ1) is 6.40. The van der Waals surface area contributed by atoms with E-state index in [4.69, 9.17) is 20.8 Å². The van der Waals surface area contributed by atoms with Crippen LogP contribution >= 0.6 is 11.6 Å². The zero-order valence-corrected chi connectivity index (χ0v) is 8.09. The smallest absolute Gasteiger partial charge is 0.195 e. The third kappa shape index (κ3) is 2.03. The summed E-state index contributed by atoms with van der Waals surface area (Å²) >= 11 is 5.58. The van der Waals surface area contributed by atoms with Crippen molar-refractivity contribution in [2.75, 3.05) is 19.1 Å². The Bertz CT molecular complexity index is 268. The van der Waals surface area contributed by atoms with Crippen LogP contribution in [-0.4, -0.2) is 24.1 Å². The molecule has 72 valence electrons. The van der Waals surface area contributed by atoms with Gasteiger partial charge < -0.3 is 9.15 Å². The molecule has 1 atom stereocenters. The Morgan fingerprint density at radius 3 is 3.23 bits per heavy atom. The van der Waals surface area contributed by atoms with E-state index in [1.54, 1.807) is 6.20 Å². The minimum atomic E-state index is 0.400. The quantitative estimate of drug-likeness (QED) is 0.702. The van der Waals surface area contributed by atoms with E-state index in [1.165, 1.54) is 0 Å². The van der Waals surface area contributed by atoms with Crippen LogP contribution in [0.25, 0.3) is 0 Å². The minimum Gasteiger partial charge on any atom is -0.445 e. The maximum absolute atomic E-state index is 5.58. The molecule has 1 aromatic heterocycles. The normalized spacial score (nSPS) is 22.4. The van der Waals surface area contributed by atoms with Crippen molar-refractivity contribution >= 4 is 11.6 Å². The van der Waals surface area contributed by atoms with Crippen molar-refractivity contribution in [3.63, 3.8) is 0 Å². The number of hydrogen-bond acceptors (Lipinski definition) is 3. The summed E-state index contributed by atoms with van der Waals surface area (Å²) in [4.78, 5) is 4.14. The van der Waals surface area contributed by atoms with E-state index in [2.05, 4.69) is 4.98 Å². The molecule has 3 nitrogen and oxygen atoms in total. The van der Waals surface area contributed by atoms with Gasteiger partial charge in [-0.15, -0.1) is 11.6 Å². The molecule has 0 N–H and O–H groups in total. The molecule has 13 heavy (non-hydrogen) atoms. The van der Waals surface area contributed by atoms with E-state index < -0.39 is 0 Å². The molecule has 0 amide bonds. The third-order valence-electron chi connectivity index (χ3n) is 2.21. The average molecular weight is 202 g/mol. The van der Waals surface area contributed by atoms with Crippen molar-refractivity contribution in [1.29, 1.82) is 0 Å². The first kappa shape index (κ1) is 9.03. The number of nitrogens with zero attached hydrogens (tertiary/aromatic N) is 1. The van der Waals surface area contributed by atoms with Crippen LogP contribution in [0.5, 0.6) is 0 Å². The third-order valence-corrected chi connectivity index (χ3v) is 2.40. The highest BCUT2D eigenvalue weighted by Crippen LogP contribution is 2.25. The molecule has 1 aromatic rings. The Hall–Kier alpha value is -0.540. The van der Waals surface area contributed by atoms with Crippen LogP contribution in [-0.2, 0) is 11.2 Å². The van der Waals surface area contributed by atoms with E-state index in [-0.39, 0.29) is 0 Å². The van der Waals surface area contributed by atoms with Gasteiger partial charge in [0.15, 0.2) is 5.89 Å². The maximum Gasteiger partial charge on any atom is 0.195 e. The molecule has 2 rings (SSSR count). The summed E-state index contributed by atoms with van der Waals surface area (Å²) in [5.41, 5.74) is 0. The molecule has 1 aliphatic rings. The van der Waals surface area contributed by atoms with Gasteiger partial charge >= 0.3 is 0 Å². The van der Waals surface area contributed by atoms with Gasteiger partial charge in [-0.2, -0.15) is 0 Å². The molecule has 1 saturated heterocycles. The summed E-state index contributed by atoms with van der Waals surface area (Å²) in [7, 11) is 0. The lowest BCUT2D eigenvalue weighted by atomic mass is 10.1. The molecule has 1 unspecified atom stereocenters. The van der Waals surface area contributed by atoms with Gasteiger partial charge in [0, 0.05) is 24.8 Å². The lowest BCUT2D eigenvalue weighted by molar-refractivity contribution is 0.191. The minimum absolute atomic E-state index is 0.400. The summed E-state index contributed by atoms with van der Waals surface area (Å²) < 4.78 is 10.8. The molecule has 2 heterocycles. The predicted molar refractivity (Wildman–Crippen MR) is 49.1 cm³/mol. The number of hydrogen-bond donors (Lipinski definition) is 0. The zero-order valence-electron chi connectivity index (χ0n) is 7.33. The van der Waals surface area contributed by atoms with Gasteiger partial charge in [0.25, 0.3) is 0 Å². The summed E-state index contributed by atoms with van der Waals surface area (Å²) in [6, 6.07) is 0. The standard InChI is InChI=1S/C9H12ClNO2/c10-3-1-9-11-5-8(13-9)7-2-4-12-6-7/h5,7H,1-4,6H2. The maximum atomic E-state index is 5.58. The van der Waals surface area contributed by atoms with Crippen molar-refractivity contribution in [2.24, 2.45) is 0 Å². The van der Waals surface area contributed by atoms with E-state index in [0.29, 0.717) is 18.2 Å². The highest BCUT2D eigenvalue weighted by atomic mass is 35.5. The Balaban J connectivity index is 2.03. The molecule has 0 spiro atoms. The van der Waals surface area contributed by atoms with Crippen LogP contribution in [0.4, 0.5) is 0 Å². The van der Waals surface area contributed by atoms with Crippen LogP contribution in [0, 0.1) is 0 Å². The highest BCUT2D eigenvalue weighted by Gasteiger charge is 2.21. The van der Waals surface area contributed by atoms with Gasteiger partial charge in [-0.3, -0.25) is 0 Å². The Morgan fingerprint density at radius 2 is 2.54 bits per heavy atom. The van der Waals surface area contributed by atoms with Crippen molar-refractivity contribution in [3.05, 3.63) is 17.8 Å². The van der Waals surface area contributed by atoms with Gasteiger partial charge in [-0.05, 0) is 6.42 Å². The van der Waals surface area contributed by atoms with Crippen molar-refractivity contribution in [1.82, 2.24) is 4.98 Å². The topological polar surface area (TPSA) is 35.3 Å². The Kier molecular flexibility index (Phi) is 2.86. The fraction of sp³-hybridized carbons (Fsp3) is 0.667. The molecule has 1 fully saturated rings. The summed E-state index contributed by atoms with van der Waals surface area (Å²) in [6.07, 6.45) is 3.53. The molecule has 0 saturated carbocycles. The first-order valence-corrected chi connectivity index (χ1v) is 5.02. The molecular formula is C9H12ClNO2. The SMILES string of the molecule is ClCCc1ncc(C2CCOC2)o1. The summed E-state index contributed by atoms with van der Waals surface area (Å²) in [5, 5.41) is 0. The monoisotopic (exact) mass is 201 g/mol. The van der Waals surface area contributed by atoms with Crippen molar-refractivity contribution < 1.29 is 9.15 Å². The fourth-order valence-corrected chi connectivity index (χ4v) is 1.63. The van der Waals surface area contributed by atoms with Gasteiger partial charge in [0.05, 0.1) is 12.8 Å². The van der Waals surface area contributed by atoms with Crippen molar-refractivity contribution in [2.45, 2.75) is 18.8 Å². The van der Waals surface area contributed by atoms with E-state index >= 15 is 0 Å². The van der Waals surface area contributed by atoms with Gasteiger partial charge in [0.1, 0.15) is 5.76 Å². The molecule has 0 aromatic carbocycles. The van der Waals surface area contributed by atoms with E-state index in [1.807, 2.05) is 0 Å². The number of halogens is 1. The van der Waals surface area contributed by atoms with Crippen LogP contribution in [0.15, 0.2) is 10.6 Å². The first-order valence-electron chi connectivity index (χ1n) is 4.48. The number of aromatic nitrogens is 1. The molecule has 0 bridgehead atoms. The molecule has 0 radical (unpaired) electrons. The highest BCUT2D eigenvalue weighted by molar-refractivity contribution is 6.17. The summed E-state index contributed by atoms with van der Waals surface area (Å²) in [6.45, 7) is 1.59. The predicted octanol–water partition coefficient (Wildman–Crippen LogP) is 1.96. The lowest BCUT2D eigenvalue weighted by Crippen LogP contribution is -1.94. The van der Waals surface area contributed by atoms with E-state index in [0.717, 1.165) is 31.3 Å². The second kappa shape index (κ2) is 4.11. The molecule has 0 aliphatic carbocycles. The Labute approximate surface area is 82.0 Å². The molecule has 1 aliphatic heterocycles. The van der Waals surface area contributed by atoms with Gasteiger partial charge in [-0.1, -0.05) is 0 Å². The summed E-state index contributed by atoms with van der Waals surface area (Å²) in [5.74, 6) is 2.63. The van der Waals surface area contributed by atoms with Crippen LogP contribution in [0.3, 0.4) is 0 Å². The molecule has 4 heteroatoms. The lowest BCUT2D eigenvalue weighted by Gasteiger charge is -2.00. The second-order valence-electron chi connectivity index (χ2n) is 3.16.